The van der Waals surface area contributed by atoms with Crippen LogP contribution in [0.25, 0.3) is 0 Å². The molecule has 1 amide bonds. The highest BCUT2D eigenvalue weighted by Crippen LogP contribution is 2.04. The molecule has 0 spiro atoms. The number of hydrogen-bond acceptors (Lipinski definition) is 2. The lowest BCUT2D eigenvalue weighted by molar-refractivity contribution is -0.963. The van der Waals surface area contributed by atoms with E-state index < -0.39 is 0 Å². The van der Waals surface area contributed by atoms with Crippen LogP contribution in [0.15, 0.2) is 0 Å². The van der Waals surface area contributed by atoms with Gasteiger partial charge in [0.1, 0.15) is 0 Å². The highest BCUT2D eigenvalue weighted by molar-refractivity contribution is 5.69. The van der Waals surface area contributed by atoms with Crippen LogP contribution < -0.4 is 0 Å². The van der Waals surface area contributed by atoms with Crippen LogP contribution in [0, 0.1) is 12.0 Å². The highest BCUT2D eigenvalue weighted by atomic mass is 16.6. The zero-order valence-corrected chi connectivity index (χ0v) is 6.92. The molecule has 0 aromatic heterocycles. The SMILES string of the molecule is C[N+](C)(C)N1C#CCOC1=O. The number of carbonyl (C=O) groups excluding carboxylic acids is 1. The first-order valence-corrected chi connectivity index (χ1v) is 3.29. The molecule has 60 valence electrons. The van der Waals surface area contributed by atoms with Gasteiger partial charge in [0.05, 0.1) is 27.2 Å². The first-order chi connectivity index (χ1) is 5.02. The lowest BCUT2D eigenvalue weighted by atomic mass is 10.6. The Morgan fingerprint density at radius 3 is 2.55 bits per heavy atom. The van der Waals surface area contributed by atoms with Gasteiger partial charge in [0.25, 0.3) is 0 Å². The molecule has 0 fully saturated rings. The summed E-state index contributed by atoms with van der Waals surface area (Å²) in [6.07, 6.45) is -0.378. The second-order valence-corrected chi connectivity index (χ2v) is 3.10. The lowest BCUT2D eigenvalue weighted by Crippen LogP contribution is -2.53. The fourth-order valence-corrected chi connectivity index (χ4v) is 0.707. The summed E-state index contributed by atoms with van der Waals surface area (Å²) in [5.41, 5.74) is 0. The average Bonchev–Trinajstić information content (AvgIpc) is 1.86. The van der Waals surface area contributed by atoms with E-state index >= 15 is 0 Å². The third-order valence-electron chi connectivity index (χ3n) is 1.23. The van der Waals surface area contributed by atoms with Crippen LogP contribution in [0.4, 0.5) is 4.79 Å². The number of carbonyl (C=O) groups is 1. The summed E-state index contributed by atoms with van der Waals surface area (Å²) < 4.78 is 5.05. The number of hydrogen-bond donors (Lipinski definition) is 0. The van der Waals surface area contributed by atoms with E-state index in [-0.39, 0.29) is 12.7 Å². The van der Waals surface area contributed by atoms with Crippen molar-refractivity contribution in [2.75, 3.05) is 27.7 Å². The molecular formula is C7H11N2O2+. The zero-order valence-electron chi connectivity index (χ0n) is 6.92. The first-order valence-electron chi connectivity index (χ1n) is 3.29. The van der Waals surface area contributed by atoms with Crippen molar-refractivity contribution in [1.82, 2.24) is 5.01 Å². The third kappa shape index (κ3) is 1.63. The van der Waals surface area contributed by atoms with Gasteiger partial charge in [0.15, 0.2) is 6.61 Å². The molecule has 1 aliphatic rings. The van der Waals surface area contributed by atoms with Gasteiger partial charge < -0.3 is 4.74 Å². The Balaban J connectivity index is 2.83. The van der Waals surface area contributed by atoms with E-state index in [1.165, 1.54) is 5.01 Å². The molecule has 4 heteroatoms. The number of cyclic esters (lactones) is 1. The molecule has 0 unspecified atom stereocenters. The summed E-state index contributed by atoms with van der Waals surface area (Å²) in [6.45, 7) is 0.204. The Kier molecular flexibility index (Phi) is 1.75. The summed E-state index contributed by atoms with van der Waals surface area (Å²) in [5, 5.41) is 1.34. The van der Waals surface area contributed by atoms with Gasteiger partial charge in [-0.25, -0.2) is 9.39 Å². The maximum Gasteiger partial charge on any atom is 0.468 e. The quantitative estimate of drug-likeness (QED) is 0.394. The average molecular weight is 155 g/mol. The molecule has 11 heavy (non-hydrogen) atoms. The molecule has 0 bridgehead atoms. The Labute approximate surface area is 65.9 Å². The number of rotatable bonds is 1. The van der Waals surface area contributed by atoms with Crippen molar-refractivity contribution in [3.8, 4) is 12.0 Å². The van der Waals surface area contributed by atoms with E-state index in [1.807, 2.05) is 21.1 Å². The Morgan fingerprint density at radius 1 is 1.55 bits per heavy atom. The van der Waals surface area contributed by atoms with Crippen molar-refractivity contribution in [3.05, 3.63) is 0 Å². The summed E-state index contributed by atoms with van der Waals surface area (Å²) in [4.78, 5) is 11.0. The predicted molar refractivity (Wildman–Crippen MR) is 39.0 cm³/mol. The van der Waals surface area contributed by atoms with Crippen LogP contribution in [-0.4, -0.2) is 43.4 Å². The Bertz CT molecular complexity index is 231. The lowest BCUT2D eigenvalue weighted by Gasteiger charge is -2.31. The molecular weight excluding hydrogens is 144 g/mol. The molecule has 4 nitrogen and oxygen atoms in total. The van der Waals surface area contributed by atoms with Crippen molar-refractivity contribution < 1.29 is 14.1 Å². The van der Waals surface area contributed by atoms with Crippen LogP contribution in [-0.2, 0) is 4.74 Å². The van der Waals surface area contributed by atoms with Crippen LogP contribution in [0.1, 0.15) is 0 Å². The monoisotopic (exact) mass is 155 g/mol. The minimum Gasteiger partial charge on any atom is -0.432 e. The molecule has 0 saturated carbocycles. The molecule has 0 N–H and O–H groups in total. The van der Waals surface area contributed by atoms with E-state index in [4.69, 9.17) is 4.74 Å². The largest absolute Gasteiger partial charge is 0.468 e. The maximum atomic E-state index is 11.0. The number of ether oxygens (including phenoxy) is 1. The fourth-order valence-electron chi connectivity index (χ4n) is 0.707. The second-order valence-electron chi connectivity index (χ2n) is 3.10. The van der Waals surface area contributed by atoms with E-state index in [2.05, 4.69) is 12.0 Å². The predicted octanol–water partition coefficient (Wildman–Crippen LogP) is 0.0207. The molecule has 1 aliphatic heterocycles. The summed E-state index contributed by atoms with van der Waals surface area (Å²) in [5.74, 6) is 2.69. The van der Waals surface area contributed by atoms with Gasteiger partial charge in [-0.2, -0.15) is 0 Å². The summed E-state index contributed by atoms with van der Waals surface area (Å²) in [6, 6.07) is 2.69. The van der Waals surface area contributed by atoms with Gasteiger partial charge in [-0.3, -0.25) is 0 Å². The van der Waals surface area contributed by atoms with Gasteiger partial charge >= 0.3 is 6.09 Å². The normalized spacial score (nSPS) is 17.0. The third-order valence-corrected chi connectivity index (χ3v) is 1.23. The van der Waals surface area contributed by atoms with Crippen molar-refractivity contribution >= 4 is 6.09 Å². The van der Waals surface area contributed by atoms with Crippen LogP contribution >= 0.6 is 0 Å². The first kappa shape index (κ1) is 7.89. The molecule has 0 aromatic rings. The fraction of sp³-hybridized carbons (Fsp3) is 0.571. The standard InChI is InChI=1S/C7H11N2O2/c1-9(2,3)8-5-4-6-11-7(8)10/h6H2,1-3H3/q+1. The second kappa shape index (κ2) is 2.44. The Hall–Kier alpha value is -1.21. The minimum absolute atomic E-state index is 0.204. The van der Waals surface area contributed by atoms with E-state index in [1.54, 1.807) is 0 Å². The van der Waals surface area contributed by atoms with Crippen molar-refractivity contribution in [2.24, 2.45) is 0 Å². The van der Waals surface area contributed by atoms with Crippen LogP contribution in [0.5, 0.6) is 0 Å². The van der Waals surface area contributed by atoms with Gasteiger partial charge in [0, 0.05) is 0 Å². The number of quaternary nitrogens is 1. The molecule has 0 saturated heterocycles. The molecule has 0 aromatic carbocycles. The highest BCUT2D eigenvalue weighted by Gasteiger charge is 2.28. The van der Waals surface area contributed by atoms with Crippen molar-refractivity contribution in [2.45, 2.75) is 0 Å². The molecule has 0 aliphatic carbocycles. The minimum atomic E-state index is -0.378. The maximum absolute atomic E-state index is 11.0. The van der Waals surface area contributed by atoms with Crippen LogP contribution in [0.3, 0.4) is 0 Å². The molecule has 0 radical (unpaired) electrons. The number of nitrogens with zero attached hydrogens (tertiary/aromatic N) is 2. The smallest absolute Gasteiger partial charge is 0.432 e. The van der Waals surface area contributed by atoms with Crippen molar-refractivity contribution in [1.29, 1.82) is 0 Å². The van der Waals surface area contributed by atoms with Gasteiger partial charge in [0.2, 0.25) is 0 Å². The van der Waals surface area contributed by atoms with Crippen LogP contribution in [0.2, 0.25) is 0 Å². The van der Waals surface area contributed by atoms with Gasteiger partial charge in [-0.05, 0) is 5.92 Å². The zero-order chi connectivity index (χ0) is 8.48. The van der Waals surface area contributed by atoms with Gasteiger partial charge in [-0.1, -0.05) is 5.01 Å². The van der Waals surface area contributed by atoms with E-state index in [9.17, 15) is 4.79 Å². The van der Waals surface area contributed by atoms with Gasteiger partial charge in [-0.15, -0.1) is 0 Å². The van der Waals surface area contributed by atoms with E-state index in [0.29, 0.717) is 4.59 Å². The Morgan fingerprint density at radius 2 is 2.18 bits per heavy atom. The summed E-state index contributed by atoms with van der Waals surface area (Å²) in [7, 11) is 5.55. The number of amides is 1. The van der Waals surface area contributed by atoms with E-state index in [0.717, 1.165) is 0 Å². The molecule has 1 rings (SSSR count). The molecule has 1 heterocycles. The summed E-state index contributed by atoms with van der Waals surface area (Å²) >= 11 is 0. The molecule has 0 atom stereocenters. The topological polar surface area (TPSA) is 29.5 Å². The van der Waals surface area contributed by atoms with Crippen molar-refractivity contribution in [3.63, 3.8) is 0 Å².